The average Bonchev–Trinajstić information content (AvgIpc) is 2.53. The molecule has 0 unspecified atom stereocenters. The Labute approximate surface area is 145 Å². The Morgan fingerprint density at radius 1 is 1.17 bits per heavy atom. The first-order valence-electron chi connectivity index (χ1n) is 7.16. The van der Waals surface area contributed by atoms with Crippen molar-refractivity contribution in [3.63, 3.8) is 0 Å². The molecular formula is C18H17Cl2NO2. The van der Waals surface area contributed by atoms with Gasteiger partial charge in [-0.2, -0.15) is 0 Å². The van der Waals surface area contributed by atoms with Crippen LogP contribution in [0.3, 0.4) is 0 Å². The predicted octanol–water partition coefficient (Wildman–Crippen LogP) is 5.13. The predicted molar refractivity (Wildman–Crippen MR) is 95.5 cm³/mol. The summed E-state index contributed by atoms with van der Waals surface area (Å²) in [7, 11) is 0. The van der Waals surface area contributed by atoms with Crippen LogP contribution in [0.4, 0.5) is 5.69 Å². The molecule has 0 aliphatic carbocycles. The minimum Gasteiger partial charge on any atom is -0.490 e. The molecule has 0 radical (unpaired) electrons. The van der Waals surface area contributed by atoms with Crippen molar-refractivity contribution in [3.8, 4) is 5.75 Å². The maximum absolute atomic E-state index is 12.0. The molecule has 0 saturated carbocycles. The summed E-state index contributed by atoms with van der Waals surface area (Å²) >= 11 is 11.9. The third kappa shape index (κ3) is 5.62. The number of carbonyl (C=O) groups is 1. The zero-order valence-corrected chi connectivity index (χ0v) is 14.0. The molecule has 0 fully saturated rings. The Bertz CT molecular complexity index is 684. The average molecular weight is 350 g/mol. The molecule has 0 spiro atoms. The van der Waals surface area contributed by atoms with Gasteiger partial charge in [-0.15, -0.1) is 0 Å². The van der Waals surface area contributed by atoms with Gasteiger partial charge in [0.15, 0.2) is 0 Å². The molecule has 0 atom stereocenters. The van der Waals surface area contributed by atoms with Crippen molar-refractivity contribution in [1.82, 2.24) is 0 Å². The number of rotatable bonds is 7. The Balaban J connectivity index is 1.85. The van der Waals surface area contributed by atoms with E-state index in [2.05, 4.69) is 11.9 Å². The monoisotopic (exact) mass is 349 g/mol. The Kier molecular flexibility index (Phi) is 6.51. The van der Waals surface area contributed by atoms with Crippen molar-refractivity contribution in [2.24, 2.45) is 0 Å². The van der Waals surface area contributed by atoms with Gasteiger partial charge < -0.3 is 10.1 Å². The first-order valence-corrected chi connectivity index (χ1v) is 7.91. The largest absolute Gasteiger partial charge is 0.490 e. The lowest BCUT2D eigenvalue weighted by molar-refractivity contribution is -0.116. The maximum atomic E-state index is 12.0. The van der Waals surface area contributed by atoms with Crippen LogP contribution >= 0.6 is 23.2 Å². The van der Waals surface area contributed by atoms with Crippen LogP contribution in [0.1, 0.15) is 12.0 Å². The zero-order chi connectivity index (χ0) is 16.7. The van der Waals surface area contributed by atoms with Gasteiger partial charge in [0.2, 0.25) is 5.91 Å². The molecule has 0 bridgehead atoms. The van der Waals surface area contributed by atoms with Crippen molar-refractivity contribution < 1.29 is 9.53 Å². The van der Waals surface area contributed by atoms with E-state index < -0.39 is 0 Å². The molecule has 0 aromatic heterocycles. The fourth-order valence-corrected chi connectivity index (χ4v) is 2.49. The molecule has 5 heteroatoms. The lowest BCUT2D eigenvalue weighted by Crippen LogP contribution is -2.12. The van der Waals surface area contributed by atoms with Crippen molar-refractivity contribution in [3.05, 3.63) is 70.7 Å². The SMILES string of the molecule is C=CCOc1ccc(NC(=O)CCc2ccc(Cl)cc2Cl)cc1. The van der Waals surface area contributed by atoms with Gasteiger partial charge in [-0.25, -0.2) is 0 Å². The smallest absolute Gasteiger partial charge is 0.224 e. The number of aryl methyl sites for hydroxylation is 1. The molecule has 2 aromatic carbocycles. The van der Waals surface area contributed by atoms with Gasteiger partial charge in [0.05, 0.1) is 0 Å². The maximum Gasteiger partial charge on any atom is 0.224 e. The highest BCUT2D eigenvalue weighted by Gasteiger charge is 2.06. The second-order valence-corrected chi connectivity index (χ2v) is 5.75. The number of benzene rings is 2. The summed E-state index contributed by atoms with van der Waals surface area (Å²) in [5, 5.41) is 4.01. The van der Waals surface area contributed by atoms with E-state index in [9.17, 15) is 4.79 Å². The molecular weight excluding hydrogens is 333 g/mol. The minimum absolute atomic E-state index is 0.0734. The summed E-state index contributed by atoms with van der Waals surface area (Å²) < 4.78 is 5.39. The molecule has 2 aromatic rings. The van der Waals surface area contributed by atoms with Gasteiger partial charge >= 0.3 is 0 Å². The fourth-order valence-electron chi connectivity index (χ4n) is 1.99. The van der Waals surface area contributed by atoms with E-state index >= 15 is 0 Å². The second-order valence-electron chi connectivity index (χ2n) is 4.91. The highest BCUT2D eigenvalue weighted by Crippen LogP contribution is 2.22. The molecule has 120 valence electrons. The Hall–Kier alpha value is -1.97. The van der Waals surface area contributed by atoms with Crippen LogP contribution in [-0.2, 0) is 11.2 Å². The third-order valence-corrected chi connectivity index (χ3v) is 3.73. The number of nitrogens with one attached hydrogen (secondary N) is 1. The lowest BCUT2D eigenvalue weighted by atomic mass is 10.1. The van der Waals surface area contributed by atoms with Gasteiger partial charge in [0.1, 0.15) is 12.4 Å². The summed E-state index contributed by atoms with van der Waals surface area (Å²) in [5.74, 6) is 0.659. The highest BCUT2D eigenvalue weighted by molar-refractivity contribution is 6.35. The standard InChI is InChI=1S/C18H17Cl2NO2/c1-2-11-23-16-8-6-15(7-9-16)21-18(22)10-4-13-3-5-14(19)12-17(13)20/h2-3,5-9,12H,1,4,10-11H2,(H,21,22). The number of carbonyl (C=O) groups excluding carboxylic acids is 1. The Morgan fingerprint density at radius 2 is 1.91 bits per heavy atom. The summed E-state index contributed by atoms with van der Waals surface area (Å²) in [4.78, 5) is 12.0. The van der Waals surface area contributed by atoms with Crippen molar-refractivity contribution in [1.29, 1.82) is 0 Å². The number of anilines is 1. The van der Waals surface area contributed by atoms with Gasteiger partial charge in [-0.3, -0.25) is 4.79 Å². The van der Waals surface area contributed by atoms with E-state index in [-0.39, 0.29) is 5.91 Å². The van der Waals surface area contributed by atoms with E-state index in [1.165, 1.54) is 0 Å². The van der Waals surface area contributed by atoms with Crippen LogP contribution in [0, 0.1) is 0 Å². The summed E-state index contributed by atoms with van der Waals surface area (Å²) in [6.07, 6.45) is 2.58. The van der Waals surface area contributed by atoms with Gasteiger partial charge in [0, 0.05) is 22.2 Å². The summed E-state index contributed by atoms with van der Waals surface area (Å²) in [6.45, 7) is 4.04. The van der Waals surface area contributed by atoms with E-state index in [0.717, 1.165) is 17.0 Å². The van der Waals surface area contributed by atoms with Gasteiger partial charge in [-0.1, -0.05) is 41.9 Å². The van der Waals surface area contributed by atoms with Gasteiger partial charge in [0.25, 0.3) is 0 Å². The van der Waals surface area contributed by atoms with Crippen LogP contribution in [0.5, 0.6) is 5.75 Å². The highest BCUT2D eigenvalue weighted by atomic mass is 35.5. The molecule has 0 aliphatic rings. The quantitative estimate of drug-likeness (QED) is 0.703. The first kappa shape index (κ1) is 17.4. The summed E-state index contributed by atoms with van der Waals surface area (Å²) in [6, 6.07) is 12.5. The second kappa shape index (κ2) is 8.61. The summed E-state index contributed by atoms with van der Waals surface area (Å²) in [5.41, 5.74) is 1.63. The topological polar surface area (TPSA) is 38.3 Å². The van der Waals surface area contributed by atoms with E-state index in [1.54, 1.807) is 42.5 Å². The van der Waals surface area contributed by atoms with Crippen molar-refractivity contribution >= 4 is 34.8 Å². The molecule has 0 heterocycles. The van der Waals surface area contributed by atoms with Crippen molar-refractivity contribution in [2.75, 3.05) is 11.9 Å². The molecule has 1 N–H and O–H groups in total. The number of amides is 1. The number of halogens is 2. The van der Waals surface area contributed by atoms with Crippen LogP contribution in [-0.4, -0.2) is 12.5 Å². The van der Waals surface area contributed by atoms with Crippen LogP contribution in [0.25, 0.3) is 0 Å². The van der Waals surface area contributed by atoms with Gasteiger partial charge in [-0.05, 0) is 48.4 Å². The normalized spacial score (nSPS) is 10.2. The van der Waals surface area contributed by atoms with E-state index in [4.69, 9.17) is 27.9 Å². The van der Waals surface area contributed by atoms with Crippen LogP contribution < -0.4 is 10.1 Å². The molecule has 0 saturated heterocycles. The minimum atomic E-state index is -0.0734. The molecule has 0 aliphatic heterocycles. The fraction of sp³-hybridized carbons (Fsp3) is 0.167. The number of ether oxygens (including phenoxy) is 1. The van der Waals surface area contributed by atoms with E-state index in [0.29, 0.717) is 29.5 Å². The van der Waals surface area contributed by atoms with Crippen molar-refractivity contribution in [2.45, 2.75) is 12.8 Å². The Morgan fingerprint density at radius 3 is 2.57 bits per heavy atom. The number of hydrogen-bond acceptors (Lipinski definition) is 2. The van der Waals surface area contributed by atoms with Crippen LogP contribution in [0.15, 0.2) is 55.1 Å². The first-order chi connectivity index (χ1) is 11.1. The molecule has 23 heavy (non-hydrogen) atoms. The molecule has 2 rings (SSSR count). The third-order valence-electron chi connectivity index (χ3n) is 3.14. The zero-order valence-electron chi connectivity index (χ0n) is 12.5. The number of hydrogen-bond donors (Lipinski definition) is 1. The van der Waals surface area contributed by atoms with Crippen LogP contribution in [0.2, 0.25) is 10.0 Å². The lowest BCUT2D eigenvalue weighted by Gasteiger charge is -2.08. The molecule has 1 amide bonds. The van der Waals surface area contributed by atoms with E-state index in [1.807, 2.05) is 6.07 Å². The molecule has 3 nitrogen and oxygen atoms in total.